The molecule has 1 amide bonds. The van der Waals surface area contributed by atoms with Crippen LogP contribution in [0, 0.1) is 0 Å². The first-order valence-corrected chi connectivity index (χ1v) is 9.70. The van der Waals surface area contributed by atoms with E-state index in [4.69, 9.17) is 9.47 Å². The molecule has 7 heteroatoms. The maximum absolute atomic E-state index is 12.8. The van der Waals surface area contributed by atoms with E-state index in [2.05, 4.69) is 26.5 Å². The van der Waals surface area contributed by atoms with Gasteiger partial charge in [-0.05, 0) is 35.9 Å². The predicted molar refractivity (Wildman–Crippen MR) is 112 cm³/mol. The SMILES string of the molecule is O=C(N/N=C\c1cc(Br)ccc1O)[C@H]1Oc2ccccc2O[C@@H]1c1ccccc1. The van der Waals surface area contributed by atoms with Crippen LogP contribution < -0.4 is 14.9 Å². The number of phenols is 1. The first-order chi connectivity index (χ1) is 14.1. The second-order valence-corrected chi connectivity index (χ2v) is 7.29. The van der Waals surface area contributed by atoms with Crippen LogP contribution in [0.3, 0.4) is 0 Å². The lowest BCUT2D eigenvalue weighted by molar-refractivity contribution is -0.134. The Hall–Kier alpha value is -3.32. The quantitative estimate of drug-likeness (QED) is 0.459. The van der Waals surface area contributed by atoms with Crippen LogP contribution in [0.25, 0.3) is 0 Å². The molecule has 0 saturated carbocycles. The molecule has 4 rings (SSSR count). The number of carbonyl (C=O) groups excluding carboxylic acids is 1. The summed E-state index contributed by atoms with van der Waals surface area (Å²) in [6.07, 6.45) is -0.186. The molecule has 3 aromatic rings. The van der Waals surface area contributed by atoms with Crippen molar-refractivity contribution in [3.05, 3.63) is 88.4 Å². The van der Waals surface area contributed by atoms with Crippen molar-refractivity contribution in [1.82, 2.24) is 5.43 Å². The Bertz CT molecular complexity index is 1060. The van der Waals surface area contributed by atoms with Gasteiger partial charge in [0.1, 0.15) is 5.75 Å². The molecule has 2 atom stereocenters. The summed E-state index contributed by atoms with van der Waals surface area (Å²) in [7, 11) is 0. The number of phenolic OH excluding ortho intramolecular Hbond substituents is 1. The van der Waals surface area contributed by atoms with Crippen LogP contribution in [-0.2, 0) is 4.79 Å². The third-order valence-electron chi connectivity index (χ3n) is 4.39. The zero-order valence-electron chi connectivity index (χ0n) is 15.2. The Morgan fingerprint density at radius 3 is 2.45 bits per heavy atom. The normalized spacial score (nSPS) is 17.8. The van der Waals surface area contributed by atoms with Crippen molar-refractivity contribution in [1.29, 1.82) is 0 Å². The van der Waals surface area contributed by atoms with Crippen LogP contribution in [0.15, 0.2) is 82.4 Å². The fourth-order valence-electron chi connectivity index (χ4n) is 2.98. The molecule has 6 nitrogen and oxygen atoms in total. The molecule has 1 aliphatic heterocycles. The number of ether oxygens (including phenoxy) is 2. The highest BCUT2D eigenvalue weighted by Crippen LogP contribution is 2.39. The molecule has 0 unspecified atom stereocenters. The Morgan fingerprint density at radius 2 is 1.69 bits per heavy atom. The number of nitrogens with zero attached hydrogens (tertiary/aromatic N) is 1. The summed E-state index contributed by atoms with van der Waals surface area (Å²) in [5.74, 6) is 0.667. The van der Waals surface area contributed by atoms with E-state index in [1.165, 1.54) is 12.3 Å². The summed E-state index contributed by atoms with van der Waals surface area (Å²) in [4.78, 5) is 12.8. The number of para-hydroxylation sites is 2. The van der Waals surface area contributed by atoms with Gasteiger partial charge in [0.05, 0.1) is 6.21 Å². The van der Waals surface area contributed by atoms with Gasteiger partial charge in [0.25, 0.3) is 5.91 Å². The molecule has 1 heterocycles. The standard InChI is InChI=1S/C22H17BrN2O4/c23-16-10-11-17(26)15(12-16)13-24-25-22(27)21-20(14-6-2-1-3-7-14)28-18-8-4-5-9-19(18)29-21/h1-13,20-21,26H,(H,25,27)/b24-13-/t20-,21+/m1/s1. The van der Waals surface area contributed by atoms with E-state index in [-0.39, 0.29) is 5.75 Å². The molecule has 1 aliphatic rings. The number of halogens is 1. The highest BCUT2D eigenvalue weighted by molar-refractivity contribution is 9.10. The van der Waals surface area contributed by atoms with Gasteiger partial charge in [0, 0.05) is 10.0 Å². The number of hydrazone groups is 1. The molecule has 0 radical (unpaired) electrons. The number of rotatable bonds is 4. The van der Waals surface area contributed by atoms with Gasteiger partial charge < -0.3 is 14.6 Å². The number of hydrogen-bond acceptors (Lipinski definition) is 5. The van der Waals surface area contributed by atoms with Crippen molar-refractivity contribution in [3.8, 4) is 17.2 Å². The predicted octanol–water partition coefficient (Wildman–Crippen LogP) is 4.19. The van der Waals surface area contributed by atoms with Gasteiger partial charge >= 0.3 is 0 Å². The van der Waals surface area contributed by atoms with Crippen LogP contribution in [-0.4, -0.2) is 23.3 Å². The molecule has 146 valence electrons. The topological polar surface area (TPSA) is 80.2 Å². The summed E-state index contributed by atoms with van der Waals surface area (Å²) >= 11 is 3.33. The lowest BCUT2D eigenvalue weighted by Crippen LogP contribution is -2.44. The summed E-state index contributed by atoms with van der Waals surface area (Å²) in [6.45, 7) is 0. The maximum Gasteiger partial charge on any atom is 0.285 e. The van der Waals surface area contributed by atoms with E-state index in [0.717, 1.165) is 10.0 Å². The highest BCUT2D eigenvalue weighted by atomic mass is 79.9. The minimum Gasteiger partial charge on any atom is -0.507 e. The van der Waals surface area contributed by atoms with Crippen LogP contribution in [0.1, 0.15) is 17.2 Å². The average Bonchev–Trinajstić information content (AvgIpc) is 2.75. The Labute approximate surface area is 175 Å². The van der Waals surface area contributed by atoms with E-state index in [1.54, 1.807) is 24.3 Å². The number of amides is 1. The molecular weight excluding hydrogens is 436 g/mol. The van der Waals surface area contributed by atoms with Gasteiger partial charge in [-0.25, -0.2) is 5.43 Å². The fraction of sp³-hybridized carbons (Fsp3) is 0.0909. The lowest BCUT2D eigenvalue weighted by atomic mass is 10.0. The Kier molecular flexibility index (Phi) is 5.48. The maximum atomic E-state index is 12.8. The summed E-state index contributed by atoms with van der Waals surface area (Å²) in [6, 6.07) is 21.6. The average molecular weight is 453 g/mol. The molecule has 0 spiro atoms. The fourth-order valence-corrected chi connectivity index (χ4v) is 3.36. The number of aromatic hydroxyl groups is 1. The molecule has 0 aliphatic carbocycles. The van der Waals surface area contributed by atoms with Gasteiger partial charge in [0.15, 0.2) is 17.6 Å². The number of benzene rings is 3. The molecule has 0 aromatic heterocycles. The van der Waals surface area contributed by atoms with E-state index < -0.39 is 18.1 Å². The van der Waals surface area contributed by atoms with E-state index in [9.17, 15) is 9.90 Å². The zero-order valence-corrected chi connectivity index (χ0v) is 16.7. The van der Waals surface area contributed by atoms with Crippen LogP contribution in [0.2, 0.25) is 0 Å². The van der Waals surface area contributed by atoms with Crippen molar-refractivity contribution in [2.75, 3.05) is 0 Å². The number of carbonyl (C=O) groups is 1. The first-order valence-electron chi connectivity index (χ1n) is 8.90. The van der Waals surface area contributed by atoms with Crippen LogP contribution in [0.4, 0.5) is 0 Å². The van der Waals surface area contributed by atoms with Crippen molar-refractivity contribution in [3.63, 3.8) is 0 Å². The monoisotopic (exact) mass is 452 g/mol. The molecule has 29 heavy (non-hydrogen) atoms. The van der Waals surface area contributed by atoms with Crippen molar-refractivity contribution < 1.29 is 19.4 Å². The van der Waals surface area contributed by atoms with Gasteiger partial charge in [-0.1, -0.05) is 58.4 Å². The Morgan fingerprint density at radius 1 is 1.00 bits per heavy atom. The summed E-state index contributed by atoms with van der Waals surface area (Å²) in [5, 5.41) is 13.8. The van der Waals surface area contributed by atoms with Crippen LogP contribution >= 0.6 is 15.9 Å². The first kappa shape index (κ1) is 19.0. The van der Waals surface area contributed by atoms with Crippen molar-refractivity contribution >= 4 is 28.1 Å². The number of fused-ring (bicyclic) bond motifs is 1. The molecule has 0 saturated heterocycles. The van der Waals surface area contributed by atoms with E-state index in [1.807, 2.05) is 42.5 Å². The smallest absolute Gasteiger partial charge is 0.285 e. The van der Waals surface area contributed by atoms with E-state index in [0.29, 0.717) is 17.1 Å². The third-order valence-corrected chi connectivity index (χ3v) is 4.88. The van der Waals surface area contributed by atoms with Crippen molar-refractivity contribution in [2.45, 2.75) is 12.2 Å². The minimum atomic E-state index is -0.930. The minimum absolute atomic E-state index is 0.0551. The molecule has 0 bridgehead atoms. The van der Waals surface area contributed by atoms with Gasteiger partial charge in [-0.15, -0.1) is 0 Å². The van der Waals surface area contributed by atoms with Gasteiger partial charge in [-0.2, -0.15) is 5.10 Å². The second kappa shape index (κ2) is 8.36. The third kappa shape index (κ3) is 4.25. The summed E-state index contributed by atoms with van der Waals surface area (Å²) in [5.41, 5.74) is 3.76. The molecular formula is C22H17BrN2O4. The number of hydrogen-bond donors (Lipinski definition) is 2. The molecule has 3 aromatic carbocycles. The van der Waals surface area contributed by atoms with Crippen LogP contribution in [0.5, 0.6) is 17.2 Å². The second-order valence-electron chi connectivity index (χ2n) is 6.37. The largest absolute Gasteiger partial charge is 0.507 e. The highest BCUT2D eigenvalue weighted by Gasteiger charge is 2.38. The molecule has 2 N–H and O–H groups in total. The zero-order chi connectivity index (χ0) is 20.2. The van der Waals surface area contributed by atoms with Crippen molar-refractivity contribution in [2.24, 2.45) is 5.10 Å². The van der Waals surface area contributed by atoms with E-state index >= 15 is 0 Å². The number of nitrogens with one attached hydrogen (secondary N) is 1. The van der Waals surface area contributed by atoms with Gasteiger partial charge in [0.2, 0.25) is 6.10 Å². The Balaban J connectivity index is 1.56. The lowest BCUT2D eigenvalue weighted by Gasteiger charge is -2.32. The summed E-state index contributed by atoms with van der Waals surface area (Å²) < 4.78 is 12.8. The van der Waals surface area contributed by atoms with Gasteiger partial charge in [-0.3, -0.25) is 4.79 Å². The molecule has 0 fully saturated rings.